The van der Waals surface area contributed by atoms with Gasteiger partial charge in [-0.25, -0.2) is 15.0 Å². The van der Waals surface area contributed by atoms with Crippen LogP contribution >= 0.6 is 11.6 Å². The summed E-state index contributed by atoms with van der Waals surface area (Å²) in [5, 5.41) is 4.27. The van der Waals surface area contributed by atoms with Gasteiger partial charge in [0.1, 0.15) is 18.0 Å². The normalized spacial score (nSPS) is 13.4. The van der Waals surface area contributed by atoms with E-state index in [0.717, 1.165) is 53.0 Å². The number of halogens is 1. The van der Waals surface area contributed by atoms with Crippen LogP contribution in [0.25, 0.3) is 0 Å². The smallest absolute Gasteiger partial charge is 0.134 e. The van der Waals surface area contributed by atoms with Crippen molar-refractivity contribution in [2.45, 2.75) is 33.4 Å². The first-order valence-electron chi connectivity index (χ1n) is 9.10. The summed E-state index contributed by atoms with van der Waals surface area (Å²) in [5.74, 6) is 1.88. The molecule has 1 aliphatic rings. The number of nitrogens with zero attached hydrogens (tertiary/aromatic N) is 4. The third-order valence-electron chi connectivity index (χ3n) is 5.05. The van der Waals surface area contributed by atoms with E-state index in [-0.39, 0.29) is 0 Å². The molecule has 3 heterocycles. The van der Waals surface area contributed by atoms with E-state index in [0.29, 0.717) is 6.54 Å². The molecule has 1 aliphatic heterocycles. The maximum absolute atomic E-state index is 6.24. The molecular formula is C21H22ClN5. The maximum Gasteiger partial charge on any atom is 0.134 e. The molecule has 5 nitrogen and oxygen atoms in total. The highest BCUT2D eigenvalue weighted by Crippen LogP contribution is 2.27. The number of rotatable bonds is 4. The number of fused-ring (bicyclic) bond motifs is 1. The van der Waals surface area contributed by atoms with Crippen molar-refractivity contribution in [1.82, 2.24) is 15.0 Å². The topological polar surface area (TPSA) is 53.9 Å². The van der Waals surface area contributed by atoms with Crippen molar-refractivity contribution >= 4 is 23.2 Å². The Balaban J connectivity index is 1.56. The van der Waals surface area contributed by atoms with Gasteiger partial charge in [0, 0.05) is 42.8 Å². The van der Waals surface area contributed by atoms with E-state index in [1.165, 1.54) is 11.1 Å². The SMILES string of the molecule is Cc1ccc(N2CCc3ncnc(NCc4cccc(Cl)c4C)c3C2)nc1. The summed E-state index contributed by atoms with van der Waals surface area (Å²) >= 11 is 6.24. The summed E-state index contributed by atoms with van der Waals surface area (Å²) < 4.78 is 0. The summed E-state index contributed by atoms with van der Waals surface area (Å²) in [4.78, 5) is 15.8. The zero-order valence-electron chi connectivity index (χ0n) is 15.5. The van der Waals surface area contributed by atoms with E-state index in [2.05, 4.69) is 50.3 Å². The molecule has 3 aromatic rings. The predicted octanol–water partition coefficient (Wildman–Crippen LogP) is 4.32. The molecule has 2 aromatic heterocycles. The first kappa shape index (κ1) is 17.7. The van der Waals surface area contributed by atoms with E-state index in [1.54, 1.807) is 6.33 Å². The number of aryl methyl sites for hydroxylation is 1. The van der Waals surface area contributed by atoms with Crippen molar-refractivity contribution < 1.29 is 0 Å². The molecule has 1 aromatic carbocycles. The van der Waals surface area contributed by atoms with E-state index in [9.17, 15) is 0 Å². The Bertz CT molecular complexity index is 955. The minimum atomic E-state index is 0.679. The van der Waals surface area contributed by atoms with Crippen molar-refractivity contribution in [1.29, 1.82) is 0 Å². The van der Waals surface area contributed by atoms with Crippen LogP contribution in [0.3, 0.4) is 0 Å². The second-order valence-corrected chi connectivity index (χ2v) is 7.30. The lowest BCUT2D eigenvalue weighted by Crippen LogP contribution is -2.32. The number of aromatic nitrogens is 3. The standard InChI is InChI=1S/C21H22ClN5/c1-14-6-7-20(23-10-14)27-9-8-19-17(12-27)21(26-13-25-19)24-11-16-4-3-5-18(22)15(16)2/h3-7,10,13H,8-9,11-12H2,1-2H3,(H,24,25,26). The van der Waals surface area contributed by atoms with Crippen molar-refractivity contribution in [2.75, 3.05) is 16.8 Å². The minimum Gasteiger partial charge on any atom is -0.366 e. The van der Waals surface area contributed by atoms with E-state index in [4.69, 9.17) is 11.6 Å². The summed E-state index contributed by atoms with van der Waals surface area (Å²) in [5.41, 5.74) is 5.69. The zero-order chi connectivity index (χ0) is 18.8. The largest absolute Gasteiger partial charge is 0.366 e. The number of hydrogen-bond donors (Lipinski definition) is 1. The van der Waals surface area contributed by atoms with E-state index >= 15 is 0 Å². The highest BCUT2D eigenvalue weighted by atomic mass is 35.5. The first-order chi connectivity index (χ1) is 13.1. The fourth-order valence-corrected chi connectivity index (χ4v) is 3.55. The van der Waals surface area contributed by atoms with Crippen LogP contribution < -0.4 is 10.2 Å². The number of anilines is 2. The van der Waals surface area contributed by atoms with Gasteiger partial charge in [0.25, 0.3) is 0 Å². The van der Waals surface area contributed by atoms with Crippen molar-refractivity contribution in [3.8, 4) is 0 Å². The maximum atomic E-state index is 6.24. The third-order valence-corrected chi connectivity index (χ3v) is 5.46. The molecule has 0 bridgehead atoms. The van der Waals surface area contributed by atoms with Crippen molar-refractivity contribution in [3.05, 3.63) is 75.8 Å². The molecule has 0 radical (unpaired) electrons. The Hall–Kier alpha value is -2.66. The van der Waals surface area contributed by atoms with Gasteiger partial charge in [-0.1, -0.05) is 29.8 Å². The van der Waals surface area contributed by atoms with Gasteiger partial charge < -0.3 is 10.2 Å². The molecule has 27 heavy (non-hydrogen) atoms. The number of benzene rings is 1. The third kappa shape index (κ3) is 3.74. The lowest BCUT2D eigenvalue weighted by Gasteiger charge is -2.30. The summed E-state index contributed by atoms with van der Waals surface area (Å²) in [6, 6.07) is 10.2. The molecule has 1 N–H and O–H groups in total. The highest BCUT2D eigenvalue weighted by molar-refractivity contribution is 6.31. The lowest BCUT2D eigenvalue weighted by atomic mass is 10.1. The first-order valence-corrected chi connectivity index (χ1v) is 9.48. The molecule has 0 amide bonds. The van der Waals surface area contributed by atoms with Crippen LogP contribution in [-0.4, -0.2) is 21.5 Å². The van der Waals surface area contributed by atoms with Crippen LogP contribution in [0.2, 0.25) is 5.02 Å². The van der Waals surface area contributed by atoms with Crippen LogP contribution in [0, 0.1) is 13.8 Å². The Morgan fingerprint density at radius 2 is 2.00 bits per heavy atom. The summed E-state index contributed by atoms with van der Waals surface area (Å²) in [6.07, 6.45) is 4.44. The molecule has 0 unspecified atom stereocenters. The van der Waals surface area contributed by atoms with Crippen LogP contribution in [0.4, 0.5) is 11.6 Å². The van der Waals surface area contributed by atoms with Crippen LogP contribution in [0.1, 0.15) is 27.9 Å². The molecule has 0 aliphatic carbocycles. The molecule has 138 valence electrons. The van der Waals surface area contributed by atoms with Crippen LogP contribution in [-0.2, 0) is 19.5 Å². The number of pyridine rings is 1. The van der Waals surface area contributed by atoms with Crippen LogP contribution in [0.15, 0.2) is 42.9 Å². The molecule has 0 saturated heterocycles. The molecule has 0 spiro atoms. The van der Waals surface area contributed by atoms with Gasteiger partial charge in [0.2, 0.25) is 0 Å². The average Bonchev–Trinajstić information content (AvgIpc) is 2.69. The monoisotopic (exact) mass is 379 g/mol. The average molecular weight is 380 g/mol. The van der Waals surface area contributed by atoms with Gasteiger partial charge in [-0.05, 0) is 42.7 Å². The van der Waals surface area contributed by atoms with Gasteiger partial charge in [-0.3, -0.25) is 0 Å². The molecule has 4 rings (SSSR count). The fourth-order valence-electron chi connectivity index (χ4n) is 3.36. The number of hydrogen-bond acceptors (Lipinski definition) is 5. The summed E-state index contributed by atoms with van der Waals surface area (Å²) in [7, 11) is 0. The summed E-state index contributed by atoms with van der Waals surface area (Å²) in [6.45, 7) is 6.43. The van der Waals surface area contributed by atoms with Gasteiger partial charge in [-0.2, -0.15) is 0 Å². The quantitative estimate of drug-likeness (QED) is 0.731. The van der Waals surface area contributed by atoms with Crippen molar-refractivity contribution in [2.24, 2.45) is 0 Å². The molecular weight excluding hydrogens is 358 g/mol. The Kier molecular flexibility index (Phi) is 4.94. The Morgan fingerprint density at radius 1 is 1.11 bits per heavy atom. The molecule has 6 heteroatoms. The Morgan fingerprint density at radius 3 is 2.81 bits per heavy atom. The molecule has 0 saturated carbocycles. The van der Waals surface area contributed by atoms with Crippen molar-refractivity contribution in [3.63, 3.8) is 0 Å². The minimum absolute atomic E-state index is 0.679. The van der Waals surface area contributed by atoms with Gasteiger partial charge in [0.05, 0.1) is 5.69 Å². The molecule has 0 fully saturated rings. The second-order valence-electron chi connectivity index (χ2n) is 6.89. The van der Waals surface area contributed by atoms with E-state index < -0.39 is 0 Å². The van der Waals surface area contributed by atoms with Crippen LogP contribution in [0.5, 0.6) is 0 Å². The van der Waals surface area contributed by atoms with E-state index in [1.807, 2.05) is 25.3 Å². The van der Waals surface area contributed by atoms with Gasteiger partial charge in [-0.15, -0.1) is 0 Å². The highest BCUT2D eigenvalue weighted by Gasteiger charge is 2.22. The fraction of sp³-hybridized carbons (Fsp3) is 0.286. The number of nitrogens with one attached hydrogen (secondary N) is 1. The van der Waals surface area contributed by atoms with Gasteiger partial charge in [0.15, 0.2) is 0 Å². The Labute approximate surface area is 164 Å². The van der Waals surface area contributed by atoms with Gasteiger partial charge >= 0.3 is 0 Å². The molecule has 0 atom stereocenters. The zero-order valence-corrected chi connectivity index (χ0v) is 16.3. The predicted molar refractivity (Wildman–Crippen MR) is 109 cm³/mol. The second kappa shape index (κ2) is 7.53. The lowest BCUT2D eigenvalue weighted by molar-refractivity contribution is 0.697.